The van der Waals surface area contributed by atoms with Gasteiger partial charge in [0.1, 0.15) is 12.6 Å². The van der Waals surface area contributed by atoms with Gasteiger partial charge < -0.3 is 15.5 Å². The van der Waals surface area contributed by atoms with Crippen LogP contribution in [0.15, 0.2) is 18.3 Å². The minimum Gasteiger partial charge on any atom is -0.503 e. The van der Waals surface area contributed by atoms with Gasteiger partial charge in [-0.2, -0.15) is 4.57 Å². The molecule has 0 bridgehead atoms. The third kappa shape index (κ3) is 5.60. The number of nitrogens with zero attached hydrogens (tertiary/aromatic N) is 1. The van der Waals surface area contributed by atoms with E-state index in [1.165, 1.54) is 25.3 Å². The summed E-state index contributed by atoms with van der Waals surface area (Å²) in [5.41, 5.74) is 0.435. The third-order valence-electron chi connectivity index (χ3n) is 2.98. The van der Waals surface area contributed by atoms with Gasteiger partial charge >= 0.3 is 5.97 Å². The zero-order chi connectivity index (χ0) is 15.8. The first-order valence-corrected chi connectivity index (χ1v) is 6.61. The van der Waals surface area contributed by atoms with Crippen LogP contribution in [0.3, 0.4) is 0 Å². The summed E-state index contributed by atoms with van der Waals surface area (Å²) in [5, 5.41) is 20.7. The molecule has 0 aliphatic carbocycles. The average molecular weight is 295 g/mol. The number of hydrogen-bond donors (Lipinski definition) is 3. The predicted octanol–water partition coefficient (Wildman–Crippen LogP) is 0.252. The summed E-state index contributed by atoms with van der Waals surface area (Å²) >= 11 is 0. The lowest BCUT2D eigenvalue weighted by atomic mass is 10.1. The lowest BCUT2D eigenvalue weighted by molar-refractivity contribution is -0.699. The monoisotopic (exact) mass is 295 g/mol. The van der Waals surface area contributed by atoms with E-state index in [0.717, 1.165) is 0 Å². The highest BCUT2D eigenvalue weighted by molar-refractivity contribution is 5.81. The maximum absolute atomic E-state index is 10.9. The van der Waals surface area contributed by atoms with Crippen molar-refractivity contribution < 1.29 is 29.2 Å². The molecule has 1 rings (SSSR count). The zero-order valence-electron chi connectivity index (χ0n) is 11.8. The number of carboxylic acids is 1. The van der Waals surface area contributed by atoms with E-state index < -0.39 is 12.0 Å². The number of aromatic hydroxyl groups is 1. The molecule has 0 aliphatic heterocycles. The molecule has 1 unspecified atom stereocenters. The number of aromatic nitrogens is 1. The summed E-state index contributed by atoms with van der Waals surface area (Å²) in [7, 11) is 0. The van der Waals surface area contributed by atoms with E-state index in [9.17, 15) is 19.5 Å². The molecular weight excluding hydrogens is 276 g/mol. The van der Waals surface area contributed by atoms with E-state index in [1.54, 1.807) is 4.57 Å². The van der Waals surface area contributed by atoms with Crippen molar-refractivity contribution in [3.63, 3.8) is 0 Å². The Morgan fingerprint density at radius 3 is 2.67 bits per heavy atom. The number of carboxylic acid groups (broad SMARTS) is 1. The fourth-order valence-corrected chi connectivity index (χ4v) is 1.98. The summed E-state index contributed by atoms with van der Waals surface area (Å²) in [4.78, 5) is 32.7. The van der Waals surface area contributed by atoms with Crippen molar-refractivity contribution in [3.05, 3.63) is 24.0 Å². The number of carbonyl (C=O) groups excluding carboxylic acids is 2. The molecule has 21 heavy (non-hydrogen) atoms. The maximum atomic E-state index is 10.9. The van der Waals surface area contributed by atoms with Gasteiger partial charge in [-0.05, 0) is 18.9 Å². The SMILES string of the molecule is CC(=O)NC(CCCC[n+]1cc(O)ccc1C=O)C(=O)O. The molecule has 0 fully saturated rings. The van der Waals surface area contributed by atoms with E-state index in [4.69, 9.17) is 5.11 Å². The van der Waals surface area contributed by atoms with Crippen LogP contribution in [0.25, 0.3) is 0 Å². The Labute approximate surface area is 122 Å². The number of amides is 1. The smallest absolute Gasteiger partial charge is 0.326 e. The molecule has 1 atom stereocenters. The van der Waals surface area contributed by atoms with E-state index in [-0.39, 0.29) is 11.7 Å². The van der Waals surface area contributed by atoms with Crippen LogP contribution in [0.2, 0.25) is 0 Å². The molecule has 1 amide bonds. The van der Waals surface area contributed by atoms with Gasteiger partial charge in [0, 0.05) is 19.4 Å². The second-order valence-electron chi connectivity index (χ2n) is 4.71. The van der Waals surface area contributed by atoms with Gasteiger partial charge in [-0.25, -0.2) is 4.79 Å². The summed E-state index contributed by atoms with van der Waals surface area (Å²) in [5.74, 6) is -1.39. The number of rotatable bonds is 8. The molecule has 0 aliphatic rings. The number of nitrogens with one attached hydrogen (secondary N) is 1. The van der Waals surface area contributed by atoms with Crippen molar-refractivity contribution in [2.24, 2.45) is 0 Å². The molecule has 0 saturated heterocycles. The average Bonchev–Trinajstić information content (AvgIpc) is 2.41. The second kappa shape index (κ2) is 7.98. The first-order valence-electron chi connectivity index (χ1n) is 6.61. The van der Waals surface area contributed by atoms with E-state index in [2.05, 4.69) is 5.32 Å². The normalized spacial score (nSPS) is 11.7. The quantitative estimate of drug-likeness (QED) is 0.362. The minimum absolute atomic E-state index is 0.0576. The Hall–Kier alpha value is -2.44. The Morgan fingerprint density at radius 2 is 2.10 bits per heavy atom. The molecule has 0 aromatic carbocycles. The minimum atomic E-state index is -1.07. The van der Waals surface area contributed by atoms with Crippen LogP contribution in [0.1, 0.15) is 36.7 Å². The number of hydrogen-bond acceptors (Lipinski definition) is 4. The van der Waals surface area contributed by atoms with Crippen LogP contribution < -0.4 is 9.88 Å². The van der Waals surface area contributed by atoms with Crippen molar-refractivity contribution in [1.82, 2.24) is 5.32 Å². The van der Waals surface area contributed by atoms with Crippen LogP contribution in [-0.4, -0.2) is 34.4 Å². The first-order chi connectivity index (χ1) is 9.93. The Kier molecular flexibility index (Phi) is 6.32. The predicted molar refractivity (Wildman–Crippen MR) is 72.8 cm³/mol. The van der Waals surface area contributed by atoms with Crippen LogP contribution in [0.5, 0.6) is 5.75 Å². The van der Waals surface area contributed by atoms with Gasteiger partial charge in [0.2, 0.25) is 24.1 Å². The highest BCUT2D eigenvalue weighted by Crippen LogP contribution is 2.06. The standard InChI is InChI=1S/C14H18N2O5/c1-10(18)15-13(14(20)21)4-2-3-7-16-8-12(19)6-5-11(16)9-17/h5-6,8-9,13H,2-4,7H2,1H3,(H2-,15,17,18,19,20,21)/p+1. The molecule has 7 nitrogen and oxygen atoms in total. The van der Waals surface area contributed by atoms with Crippen molar-refractivity contribution in [2.75, 3.05) is 0 Å². The van der Waals surface area contributed by atoms with Crippen molar-refractivity contribution >= 4 is 18.2 Å². The fraction of sp³-hybridized carbons (Fsp3) is 0.429. The molecule has 114 valence electrons. The summed E-state index contributed by atoms with van der Waals surface area (Å²) < 4.78 is 1.61. The topological polar surface area (TPSA) is 108 Å². The summed E-state index contributed by atoms with van der Waals surface area (Å²) in [6.45, 7) is 1.75. The number of aryl methyl sites for hydroxylation is 1. The van der Waals surface area contributed by atoms with Crippen LogP contribution >= 0.6 is 0 Å². The van der Waals surface area contributed by atoms with Crippen molar-refractivity contribution in [3.8, 4) is 5.75 Å². The Bertz CT molecular complexity index is 530. The van der Waals surface area contributed by atoms with Gasteiger partial charge in [-0.1, -0.05) is 0 Å². The Morgan fingerprint density at radius 1 is 1.38 bits per heavy atom. The van der Waals surface area contributed by atoms with E-state index >= 15 is 0 Å². The lowest BCUT2D eigenvalue weighted by Crippen LogP contribution is -2.40. The highest BCUT2D eigenvalue weighted by Gasteiger charge is 2.18. The molecule has 3 N–H and O–H groups in total. The van der Waals surface area contributed by atoms with Gasteiger partial charge in [-0.3, -0.25) is 9.59 Å². The number of pyridine rings is 1. The summed E-state index contributed by atoms with van der Waals surface area (Å²) in [6, 6.07) is 2.04. The number of aliphatic carboxylic acids is 1. The molecule has 1 heterocycles. The fourth-order valence-electron chi connectivity index (χ4n) is 1.98. The van der Waals surface area contributed by atoms with E-state index in [0.29, 0.717) is 37.8 Å². The number of unbranched alkanes of at least 4 members (excludes halogenated alkanes) is 1. The number of aldehydes is 1. The first kappa shape index (κ1) is 16.6. The molecule has 1 aromatic rings. The van der Waals surface area contributed by atoms with Crippen LogP contribution in [0.4, 0.5) is 0 Å². The van der Waals surface area contributed by atoms with Crippen LogP contribution in [0, 0.1) is 0 Å². The second-order valence-corrected chi connectivity index (χ2v) is 4.71. The largest absolute Gasteiger partial charge is 0.503 e. The van der Waals surface area contributed by atoms with E-state index in [1.807, 2.05) is 0 Å². The number of carbonyl (C=O) groups is 3. The Balaban J connectivity index is 2.49. The van der Waals surface area contributed by atoms with Crippen LogP contribution in [-0.2, 0) is 16.1 Å². The third-order valence-corrected chi connectivity index (χ3v) is 2.98. The molecule has 7 heteroatoms. The molecule has 0 radical (unpaired) electrons. The molecule has 0 saturated carbocycles. The lowest BCUT2D eigenvalue weighted by Gasteiger charge is -2.12. The van der Waals surface area contributed by atoms with Gasteiger partial charge in [0.15, 0.2) is 5.75 Å². The summed E-state index contributed by atoms with van der Waals surface area (Å²) in [6.07, 6.45) is 3.64. The van der Waals surface area contributed by atoms with Crippen molar-refractivity contribution in [1.29, 1.82) is 0 Å². The zero-order valence-corrected chi connectivity index (χ0v) is 11.8. The van der Waals surface area contributed by atoms with Gasteiger partial charge in [0.25, 0.3) is 0 Å². The highest BCUT2D eigenvalue weighted by atomic mass is 16.4. The molecular formula is C14H19N2O5+. The van der Waals surface area contributed by atoms with Crippen molar-refractivity contribution in [2.45, 2.75) is 38.8 Å². The maximum Gasteiger partial charge on any atom is 0.326 e. The van der Waals surface area contributed by atoms with Gasteiger partial charge in [-0.15, -0.1) is 0 Å². The van der Waals surface area contributed by atoms with Gasteiger partial charge in [0.05, 0.1) is 0 Å². The molecule has 1 aromatic heterocycles. The molecule has 0 spiro atoms.